The van der Waals surface area contributed by atoms with E-state index in [4.69, 9.17) is 10.8 Å². The minimum absolute atomic E-state index is 0.151. The van der Waals surface area contributed by atoms with Crippen LogP contribution in [0.2, 0.25) is 0 Å². The average molecular weight is 287 g/mol. The summed E-state index contributed by atoms with van der Waals surface area (Å²) in [4.78, 5) is 26.3. The van der Waals surface area contributed by atoms with Gasteiger partial charge in [0, 0.05) is 18.3 Å². The molecule has 5 N–H and O–H groups in total. The summed E-state index contributed by atoms with van der Waals surface area (Å²) in [5.41, 5.74) is 4.15. The van der Waals surface area contributed by atoms with Gasteiger partial charge in [-0.1, -0.05) is 0 Å². The quantitative estimate of drug-likeness (QED) is 0.540. The largest absolute Gasteiger partial charge is 0.481 e. The zero-order valence-corrected chi connectivity index (χ0v) is 11.4. The van der Waals surface area contributed by atoms with E-state index in [2.05, 4.69) is 10.3 Å². The van der Waals surface area contributed by atoms with Gasteiger partial charge in [0.05, 0.1) is 17.0 Å². The number of nitrogens with zero attached hydrogens (tertiary/aromatic N) is 1. The standard InChI is InChI=1S/C11H17N3O4S/c1-11(18,4-9(15)16)6-13-10(17)7-5-19-8(14-7)2-3-12/h5,18H,2-4,6,12H2,1H3,(H,13,17)(H,15,16). The maximum absolute atomic E-state index is 11.7. The van der Waals surface area contributed by atoms with Gasteiger partial charge in [0.25, 0.3) is 5.91 Å². The number of carbonyl (C=O) groups is 2. The molecule has 0 spiro atoms. The van der Waals surface area contributed by atoms with E-state index in [1.165, 1.54) is 18.3 Å². The first-order chi connectivity index (χ1) is 8.84. The molecule has 1 heterocycles. The van der Waals surface area contributed by atoms with Crippen molar-refractivity contribution in [3.05, 3.63) is 16.1 Å². The molecule has 0 saturated carbocycles. The van der Waals surface area contributed by atoms with E-state index in [0.29, 0.717) is 13.0 Å². The van der Waals surface area contributed by atoms with Gasteiger partial charge < -0.3 is 21.3 Å². The number of carboxylic acids is 1. The van der Waals surface area contributed by atoms with Crippen molar-refractivity contribution in [2.24, 2.45) is 5.73 Å². The fraction of sp³-hybridized carbons (Fsp3) is 0.545. The van der Waals surface area contributed by atoms with Crippen molar-refractivity contribution >= 4 is 23.2 Å². The summed E-state index contributed by atoms with van der Waals surface area (Å²) in [6.07, 6.45) is 0.164. The van der Waals surface area contributed by atoms with Gasteiger partial charge in [-0.3, -0.25) is 9.59 Å². The molecule has 1 atom stereocenters. The Morgan fingerprint density at radius 1 is 1.58 bits per heavy atom. The molecular weight excluding hydrogens is 270 g/mol. The molecule has 1 unspecified atom stereocenters. The first-order valence-electron chi connectivity index (χ1n) is 5.71. The Labute approximate surface area is 114 Å². The van der Waals surface area contributed by atoms with Crippen LogP contribution in [0.15, 0.2) is 5.38 Å². The van der Waals surface area contributed by atoms with Crippen LogP contribution in [0.25, 0.3) is 0 Å². The van der Waals surface area contributed by atoms with Gasteiger partial charge in [0.15, 0.2) is 0 Å². The zero-order valence-electron chi connectivity index (χ0n) is 10.5. The Morgan fingerprint density at radius 3 is 2.84 bits per heavy atom. The van der Waals surface area contributed by atoms with E-state index < -0.39 is 23.9 Å². The number of aromatic nitrogens is 1. The first-order valence-corrected chi connectivity index (χ1v) is 6.59. The number of amides is 1. The molecule has 8 heteroatoms. The number of carboxylic acid groups (broad SMARTS) is 1. The fourth-order valence-corrected chi connectivity index (χ4v) is 2.20. The van der Waals surface area contributed by atoms with Gasteiger partial charge in [-0.15, -0.1) is 11.3 Å². The number of aliphatic hydroxyl groups is 1. The summed E-state index contributed by atoms with van der Waals surface area (Å²) >= 11 is 1.34. The predicted octanol–water partition coefficient (Wildman–Crippen LogP) is -0.400. The lowest BCUT2D eigenvalue weighted by atomic mass is 10.0. The van der Waals surface area contributed by atoms with Gasteiger partial charge in [0.2, 0.25) is 0 Å². The highest BCUT2D eigenvalue weighted by Crippen LogP contribution is 2.11. The SMILES string of the molecule is CC(O)(CNC(=O)c1csc(CCN)n1)CC(=O)O. The fourth-order valence-electron chi connectivity index (χ4n) is 1.40. The zero-order chi connectivity index (χ0) is 14.5. The van der Waals surface area contributed by atoms with Crippen molar-refractivity contribution in [1.29, 1.82) is 0 Å². The number of thiazole rings is 1. The molecule has 106 valence electrons. The van der Waals surface area contributed by atoms with E-state index in [-0.39, 0.29) is 12.2 Å². The highest BCUT2D eigenvalue weighted by Gasteiger charge is 2.25. The van der Waals surface area contributed by atoms with Crippen LogP contribution in [0.3, 0.4) is 0 Å². The second kappa shape index (κ2) is 6.60. The number of hydrogen-bond donors (Lipinski definition) is 4. The highest BCUT2D eigenvalue weighted by atomic mass is 32.1. The third kappa shape index (κ3) is 5.33. The van der Waals surface area contributed by atoms with Gasteiger partial charge >= 0.3 is 5.97 Å². The summed E-state index contributed by atoms with van der Waals surface area (Å²) in [5, 5.41) is 23.2. The van der Waals surface area contributed by atoms with Crippen LogP contribution in [0, 0.1) is 0 Å². The molecule has 0 aromatic carbocycles. The van der Waals surface area contributed by atoms with Gasteiger partial charge in [-0.05, 0) is 13.5 Å². The molecule has 0 radical (unpaired) electrons. The van der Waals surface area contributed by atoms with Crippen LogP contribution >= 0.6 is 11.3 Å². The van der Waals surface area contributed by atoms with Crippen LogP contribution in [0.1, 0.15) is 28.8 Å². The molecule has 0 bridgehead atoms. The van der Waals surface area contributed by atoms with Crippen molar-refractivity contribution in [3.8, 4) is 0 Å². The average Bonchev–Trinajstić information content (AvgIpc) is 2.73. The maximum atomic E-state index is 11.7. The number of carbonyl (C=O) groups excluding carboxylic acids is 1. The normalized spacial score (nSPS) is 13.8. The molecule has 0 aliphatic carbocycles. The lowest BCUT2D eigenvalue weighted by Crippen LogP contribution is -2.42. The molecule has 1 amide bonds. The Hall–Kier alpha value is -1.51. The molecule has 1 aromatic heterocycles. The Bertz CT molecular complexity index is 459. The number of hydrogen-bond acceptors (Lipinski definition) is 6. The highest BCUT2D eigenvalue weighted by molar-refractivity contribution is 7.09. The van der Waals surface area contributed by atoms with Gasteiger partial charge in [-0.2, -0.15) is 0 Å². The molecule has 19 heavy (non-hydrogen) atoms. The van der Waals surface area contributed by atoms with E-state index in [0.717, 1.165) is 5.01 Å². The minimum atomic E-state index is -1.49. The summed E-state index contributed by atoms with van der Waals surface area (Å²) < 4.78 is 0. The van der Waals surface area contributed by atoms with Crippen molar-refractivity contribution in [3.63, 3.8) is 0 Å². The van der Waals surface area contributed by atoms with Crippen molar-refractivity contribution < 1.29 is 19.8 Å². The predicted molar refractivity (Wildman–Crippen MR) is 70.1 cm³/mol. The summed E-state index contributed by atoms with van der Waals surface area (Å²) in [6, 6.07) is 0. The summed E-state index contributed by atoms with van der Waals surface area (Å²) in [6.45, 7) is 1.66. The lowest BCUT2D eigenvalue weighted by molar-refractivity contribution is -0.141. The number of aliphatic carboxylic acids is 1. The summed E-state index contributed by atoms with van der Waals surface area (Å²) in [7, 11) is 0. The topological polar surface area (TPSA) is 126 Å². The van der Waals surface area contributed by atoms with Crippen LogP contribution in [-0.4, -0.2) is 45.8 Å². The molecule has 0 saturated heterocycles. The molecule has 0 fully saturated rings. The number of nitrogens with one attached hydrogen (secondary N) is 1. The van der Waals surface area contributed by atoms with Crippen LogP contribution < -0.4 is 11.1 Å². The Kier molecular flexibility index (Phi) is 5.40. The molecular formula is C11H17N3O4S. The van der Waals surface area contributed by atoms with Crippen LogP contribution in [-0.2, 0) is 11.2 Å². The van der Waals surface area contributed by atoms with E-state index >= 15 is 0 Å². The van der Waals surface area contributed by atoms with Crippen LogP contribution in [0.5, 0.6) is 0 Å². The van der Waals surface area contributed by atoms with Crippen molar-refractivity contribution in [2.45, 2.75) is 25.4 Å². The Balaban J connectivity index is 2.52. The Morgan fingerprint density at radius 2 is 2.26 bits per heavy atom. The third-order valence-corrected chi connectivity index (χ3v) is 3.21. The smallest absolute Gasteiger partial charge is 0.306 e. The molecule has 7 nitrogen and oxygen atoms in total. The van der Waals surface area contributed by atoms with Crippen molar-refractivity contribution in [2.75, 3.05) is 13.1 Å². The molecule has 0 aliphatic heterocycles. The second-order valence-electron chi connectivity index (χ2n) is 4.42. The lowest BCUT2D eigenvalue weighted by Gasteiger charge is -2.21. The molecule has 1 rings (SSSR count). The van der Waals surface area contributed by atoms with E-state index in [1.807, 2.05) is 0 Å². The first kappa shape index (κ1) is 15.5. The maximum Gasteiger partial charge on any atom is 0.306 e. The number of rotatable bonds is 7. The van der Waals surface area contributed by atoms with Crippen LogP contribution in [0.4, 0.5) is 0 Å². The van der Waals surface area contributed by atoms with E-state index in [9.17, 15) is 14.7 Å². The van der Waals surface area contributed by atoms with E-state index in [1.54, 1.807) is 5.38 Å². The molecule has 1 aromatic rings. The van der Waals surface area contributed by atoms with Gasteiger partial charge in [-0.25, -0.2) is 4.98 Å². The second-order valence-corrected chi connectivity index (χ2v) is 5.36. The molecule has 0 aliphatic rings. The third-order valence-electron chi connectivity index (χ3n) is 2.30. The van der Waals surface area contributed by atoms with Gasteiger partial charge in [0.1, 0.15) is 5.69 Å². The monoisotopic (exact) mass is 287 g/mol. The minimum Gasteiger partial charge on any atom is -0.481 e. The van der Waals surface area contributed by atoms with Crippen molar-refractivity contribution in [1.82, 2.24) is 10.3 Å². The summed E-state index contributed by atoms with van der Waals surface area (Å²) in [5.74, 6) is -1.57. The number of nitrogens with two attached hydrogens (primary N) is 1.